The summed E-state index contributed by atoms with van der Waals surface area (Å²) < 4.78 is 33.8. The molecule has 2 aromatic heterocycles. The summed E-state index contributed by atoms with van der Waals surface area (Å²) in [6.07, 6.45) is 2.07. The second-order valence-electron chi connectivity index (χ2n) is 7.91. The quantitative estimate of drug-likeness (QED) is 0.590. The maximum absolute atomic E-state index is 12.6. The van der Waals surface area contributed by atoms with E-state index in [9.17, 15) is 8.42 Å². The standard InChI is InChI=1S/C22H27N3O3S2/c1-16-7-9-19(10-8-16)30(26,27)23-13-18-5-3-11-25(14-18)15-20-17(2)28-22(24-20)21-6-4-12-29-21/h4,6-10,12,18,23H,3,5,11,13-15H2,1-2H3. The summed E-state index contributed by atoms with van der Waals surface area (Å²) >= 11 is 1.62. The number of aromatic nitrogens is 1. The van der Waals surface area contributed by atoms with Gasteiger partial charge in [-0.25, -0.2) is 18.1 Å². The number of benzene rings is 1. The van der Waals surface area contributed by atoms with Crippen LogP contribution in [-0.4, -0.2) is 37.9 Å². The van der Waals surface area contributed by atoms with Crippen molar-refractivity contribution in [2.24, 2.45) is 5.92 Å². The minimum atomic E-state index is -3.48. The van der Waals surface area contributed by atoms with Crippen molar-refractivity contribution in [3.63, 3.8) is 0 Å². The van der Waals surface area contributed by atoms with Crippen molar-refractivity contribution < 1.29 is 12.8 Å². The van der Waals surface area contributed by atoms with Crippen LogP contribution in [0, 0.1) is 19.8 Å². The topological polar surface area (TPSA) is 75.4 Å². The molecule has 30 heavy (non-hydrogen) atoms. The van der Waals surface area contributed by atoms with E-state index < -0.39 is 10.0 Å². The number of aryl methyl sites for hydroxylation is 2. The Kier molecular flexibility index (Phi) is 6.38. The number of likely N-dealkylation sites (tertiary alicyclic amines) is 1. The lowest BCUT2D eigenvalue weighted by atomic mass is 9.98. The highest BCUT2D eigenvalue weighted by Gasteiger charge is 2.24. The van der Waals surface area contributed by atoms with Gasteiger partial charge in [-0.05, 0) is 62.7 Å². The Morgan fingerprint density at radius 3 is 2.77 bits per heavy atom. The van der Waals surface area contributed by atoms with Gasteiger partial charge in [0.2, 0.25) is 15.9 Å². The van der Waals surface area contributed by atoms with Crippen LogP contribution in [-0.2, 0) is 16.6 Å². The Hall–Kier alpha value is -2.00. The SMILES string of the molecule is Cc1ccc(S(=O)(=O)NCC2CCCN(Cc3nc(-c4cccs4)oc3C)C2)cc1. The summed E-state index contributed by atoms with van der Waals surface area (Å²) in [5.74, 6) is 1.81. The van der Waals surface area contributed by atoms with E-state index in [0.717, 1.165) is 54.4 Å². The average molecular weight is 446 g/mol. The maximum Gasteiger partial charge on any atom is 0.240 e. The number of sulfonamides is 1. The second-order valence-corrected chi connectivity index (χ2v) is 10.6. The summed E-state index contributed by atoms with van der Waals surface area (Å²) in [5, 5.41) is 2.02. The van der Waals surface area contributed by atoms with Gasteiger partial charge in [-0.1, -0.05) is 23.8 Å². The number of thiophene rings is 1. The molecule has 1 aromatic carbocycles. The molecule has 0 amide bonds. The molecule has 160 valence electrons. The van der Waals surface area contributed by atoms with Crippen molar-refractivity contribution in [2.75, 3.05) is 19.6 Å². The Labute approximate surface area is 182 Å². The first-order valence-electron chi connectivity index (χ1n) is 10.2. The van der Waals surface area contributed by atoms with E-state index in [4.69, 9.17) is 9.40 Å². The van der Waals surface area contributed by atoms with E-state index in [2.05, 4.69) is 9.62 Å². The van der Waals surface area contributed by atoms with Gasteiger partial charge in [-0.15, -0.1) is 11.3 Å². The molecule has 1 saturated heterocycles. The minimum Gasteiger partial charge on any atom is -0.440 e. The highest BCUT2D eigenvalue weighted by atomic mass is 32.2. The minimum absolute atomic E-state index is 0.281. The van der Waals surface area contributed by atoms with Crippen LogP contribution in [0.15, 0.2) is 51.1 Å². The largest absolute Gasteiger partial charge is 0.440 e. The van der Waals surface area contributed by atoms with Gasteiger partial charge >= 0.3 is 0 Å². The lowest BCUT2D eigenvalue weighted by molar-refractivity contribution is 0.166. The van der Waals surface area contributed by atoms with Gasteiger partial charge < -0.3 is 4.42 Å². The number of piperidine rings is 1. The van der Waals surface area contributed by atoms with Gasteiger partial charge in [0.05, 0.1) is 15.5 Å². The molecule has 0 saturated carbocycles. The fourth-order valence-electron chi connectivity index (χ4n) is 3.78. The molecule has 3 heterocycles. The van der Waals surface area contributed by atoms with Gasteiger partial charge in [0.1, 0.15) is 5.76 Å². The van der Waals surface area contributed by atoms with Crippen molar-refractivity contribution in [3.8, 4) is 10.8 Å². The monoisotopic (exact) mass is 445 g/mol. The van der Waals surface area contributed by atoms with E-state index in [-0.39, 0.29) is 5.92 Å². The lowest BCUT2D eigenvalue weighted by Crippen LogP contribution is -2.40. The molecule has 1 atom stereocenters. The summed E-state index contributed by atoms with van der Waals surface area (Å²) in [6.45, 7) is 6.91. The van der Waals surface area contributed by atoms with Crippen LogP contribution < -0.4 is 4.72 Å². The zero-order chi connectivity index (χ0) is 21.1. The third-order valence-corrected chi connectivity index (χ3v) is 7.79. The number of nitrogens with one attached hydrogen (secondary N) is 1. The number of hydrogen-bond acceptors (Lipinski definition) is 6. The van der Waals surface area contributed by atoms with Gasteiger partial charge in [0, 0.05) is 19.6 Å². The molecular formula is C22H27N3O3S2. The Morgan fingerprint density at radius 1 is 1.23 bits per heavy atom. The Bertz CT molecular complexity index is 1070. The lowest BCUT2D eigenvalue weighted by Gasteiger charge is -2.32. The van der Waals surface area contributed by atoms with Crippen molar-refractivity contribution in [1.82, 2.24) is 14.6 Å². The summed E-state index contributed by atoms with van der Waals surface area (Å²) in [7, 11) is -3.48. The molecular weight excluding hydrogens is 418 g/mol. The van der Waals surface area contributed by atoms with Crippen LogP contribution in [0.5, 0.6) is 0 Å². The molecule has 4 rings (SSSR count). The predicted molar refractivity (Wildman–Crippen MR) is 119 cm³/mol. The van der Waals surface area contributed by atoms with Crippen LogP contribution in [0.4, 0.5) is 0 Å². The van der Waals surface area contributed by atoms with E-state index in [1.165, 1.54) is 0 Å². The number of oxazole rings is 1. The summed E-state index contributed by atoms with van der Waals surface area (Å²) in [6, 6.07) is 11.0. The van der Waals surface area contributed by atoms with Gasteiger partial charge in [-0.3, -0.25) is 4.90 Å². The third-order valence-electron chi connectivity index (χ3n) is 5.49. The molecule has 0 aliphatic carbocycles. The average Bonchev–Trinajstić information content (AvgIpc) is 3.38. The van der Waals surface area contributed by atoms with E-state index in [1.54, 1.807) is 23.5 Å². The van der Waals surface area contributed by atoms with Gasteiger partial charge in [-0.2, -0.15) is 0 Å². The number of nitrogens with zero attached hydrogens (tertiary/aromatic N) is 2. The van der Waals surface area contributed by atoms with E-state index in [1.807, 2.05) is 43.5 Å². The van der Waals surface area contributed by atoms with Gasteiger partial charge in [0.25, 0.3) is 0 Å². The summed E-state index contributed by atoms with van der Waals surface area (Å²) in [4.78, 5) is 8.39. The van der Waals surface area contributed by atoms with Crippen molar-refractivity contribution in [1.29, 1.82) is 0 Å². The molecule has 3 aromatic rings. The zero-order valence-electron chi connectivity index (χ0n) is 17.3. The van der Waals surface area contributed by atoms with Crippen LogP contribution >= 0.6 is 11.3 Å². The molecule has 1 aliphatic rings. The van der Waals surface area contributed by atoms with Crippen LogP contribution in [0.3, 0.4) is 0 Å². The highest BCUT2D eigenvalue weighted by Crippen LogP contribution is 2.27. The number of hydrogen-bond donors (Lipinski definition) is 1. The van der Waals surface area contributed by atoms with Crippen molar-refractivity contribution in [3.05, 3.63) is 58.8 Å². The van der Waals surface area contributed by atoms with Crippen molar-refractivity contribution in [2.45, 2.75) is 38.1 Å². The van der Waals surface area contributed by atoms with Crippen LogP contribution in [0.1, 0.15) is 29.9 Å². The molecule has 1 unspecified atom stereocenters. The summed E-state index contributed by atoms with van der Waals surface area (Å²) in [5.41, 5.74) is 2.00. The first kappa shape index (κ1) is 21.2. The Balaban J connectivity index is 1.35. The third kappa shape index (κ3) is 5.00. The van der Waals surface area contributed by atoms with Crippen molar-refractivity contribution >= 4 is 21.4 Å². The molecule has 6 nitrogen and oxygen atoms in total. The predicted octanol–water partition coefficient (Wildman–Crippen LogP) is 4.21. The van der Waals surface area contributed by atoms with Crippen LogP contribution in [0.2, 0.25) is 0 Å². The molecule has 1 aliphatic heterocycles. The molecule has 0 bridgehead atoms. The highest BCUT2D eigenvalue weighted by molar-refractivity contribution is 7.89. The normalized spacial score (nSPS) is 18.0. The van der Waals surface area contributed by atoms with Crippen LogP contribution in [0.25, 0.3) is 10.8 Å². The molecule has 0 radical (unpaired) electrons. The Morgan fingerprint density at radius 2 is 2.03 bits per heavy atom. The fourth-order valence-corrected chi connectivity index (χ4v) is 5.55. The zero-order valence-corrected chi connectivity index (χ0v) is 18.9. The molecule has 8 heteroatoms. The molecule has 1 N–H and O–H groups in total. The maximum atomic E-state index is 12.6. The fraction of sp³-hybridized carbons (Fsp3) is 0.409. The molecule has 1 fully saturated rings. The van der Waals surface area contributed by atoms with E-state index in [0.29, 0.717) is 17.3 Å². The molecule has 0 spiro atoms. The van der Waals surface area contributed by atoms with Gasteiger partial charge in [0.15, 0.2) is 0 Å². The number of rotatable bonds is 7. The first-order chi connectivity index (χ1) is 14.4. The second kappa shape index (κ2) is 9.01. The van der Waals surface area contributed by atoms with E-state index >= 15 is 0 Å². The smallest absolute Gasteiger partial charge is 0.240 e. The first-order valence-corrected chi connectivity index (χ1v) is 12.6.